The van der Waals surface area contributed by atoms with E-state index < -0.39 is 35.6 Å². The first-order chi connectivity index (χ1) is 17.6. The summed E-state index contributed by atoms with van der Waals surface area (Å²) in [7, 11) is 1.71. The Labute approximate surface area is 222 Å². The summed E-state index contributed by atoms with van der Waals surface area (Å²) < 4.78 is 6.63. The zero-order valence-corrected chi connectivity index (χ0v) is 22.4. The number of amides is 3. The average Bonchev–Trinajstić information content (AvgIpc) is 3.18. The minimum Gasteiger partial charge on any atom is -0.394 e. The maximum Gasteiger partial charge on any atom is 0.253 e. The predicted molar refractivity (Wildman–Crippen MR) is 140 cm³/mol. The van der Waals surface area contributed by atoms with E-state index in [1.54, 1.807) is 22.9 Å². The summed E-state index contributed by atoms with van der Waals surface area (Å²) in [6, 6.07) is 3.81. The Morgan fingerprint density at radius 3 is 2.57 bits per heavy atom. The van der Waals surface area contributed by atoms with Gasteiger partial charge in [0.25, 0.3) is 5.91 Å². The molecule has 4 heterocycles. The number of carbonyl (C=O) groups is 3. The van der Waals surface area contributed by atoms with E-state index >= 15 is 0 Å². The van der Waals surface area contributed by atoms with Crippen LogP contribution in [0.2, 0.25) is 5.02 Å². The van der Waals surface area contributed by atoms with Crippen LogP contribution in [-0.4, -0.2) is 83.2 Å². The van der Waals surface area contributed by atoms with E-state index in [2.05, 4.69) is 0 Å². The fourth-order valence-electron chi connectivity index (χ4n) is 6.58. The molecule has 4 aliphatic rings. The van der Waals surface area contributed by atoms with Gasteiger partial charge in [0.2, 0.25) is 11.8 Å². The van der Waals surface area contributed by atoms with Crippen molar-refractivity contribution in [1.82, 2.24) is 9.80 Å². The number of hydrogen-bond donors (Lipinski definition) is 1. The van der Waals surface area contributed by atoms with Crippen LogP contribution in [0.5, 0.6) is 0 Å². The number of ether oxygens (including phenoxy) is 1. The lowest BCUT2D eigenvalue weighted by Crippen LogP contribution is -2.58. The van der Waals surface area contributed by atoms with Crippen LogP contribution < -0.4 is 4.90 Å². The second-order valence-electron chi connectivity index (χ2n) is 11.0. The van der Waals surface area contributed by atoms with Gasteiger partial charge in [-0.05, 0) is 30.9 Å². The molecule has 1 aromatic rings. The van der Waals surface area contributed by atoms with Gasteiger partial charge in [-0.1, -0.05) is 61.9 Å². The molecule has 0 aliphatic carbocycles. The fraction of sp³-hybridized carbons (Fsp3) is 0.536. The van der Waals surface area contributed by atoms with Crippen molar-refractivity contribution in [3.63, 3.8) is 0 Å². The smallest absolute Gasteiger partial charge is 0.253 e. The van der Waals surface area contributed by atoms with E-state index in [1.165, 1.54) is 4.90 Å². The largest absolute Gasteiger partial charge is 0.394 e. The van der Waals surface area contributed by atoms with Gasteiger partial charge < -0.3 is 24.5 Å². The Bertz CT molecular complexity index is 1160. The highest BCUT2D eigenvalue weighted by Crippen LogP contribution is 2.54. The van der Waals surface area contributed by atoms with Crippen molar-refractivity contribution < 1.29 is 24.2 Å². The first-order valence-electron chi connectivity index (χ1n) is 12.9. The molecule has 1 unspecified atom stereocenters. The molecule has 0 bridgehead atoms. The highest BCUT2D eigenvalue weighted by Gasteiger charge is 2.72. The molecule has 0 aromatic heterocycles. The van der Waals surface area contributed by atoms with E-state index in [-0.39, 0.29) is 36.8 Å². The quantitative estimate of drug-likeness (QED) is 0.594. The summed E-state index contributed by atoms with van der Waals surface area (Å²) in [5.74, 6) is -2.31. The fourth-order valence-corrected chi connectivity index (χ4v) is 6.91. The van der Waals surface area contributed by atoms with Crippen molar-refractivity contribution in [1.29, 1.82) is 0 Å². The lowest BCUT2D eigenvalue weighted by atomic mass is 9.77. The van der Waals surface area contributed by atoms with Crippen molar-refractivity contribution >= 4 is 35.0 Å². The molecular weight excluding hydrogens is 494 g/mol. The number of nitrogens with zero attached hydrogens (tertiary/aromatic N) is 3. The maximum atomic E-state index is 14.5. The SMILES string of the molecule is Cc1cccc(Cl)c1N1CC=C[C@]23O[C@@H]4C=CCN(C)C(=O)[C@@H]4[C@H]2C(=O)N([C@@H](CO)CC(C)C)C3C1=O. The molecule has 5 rings (SSSR count). The average molecular weight is 528 g/mol. The standard InChI is InChI=1S/C28H34ClN3O5/c1-16(2)14-18(15-33)32-24-27(36)31(23-17(3)8-5-9-19(23)29)13-7-11-28(24)22(26(32)35)21-20(37-28)10-6-12-30(4)25(21)34/h5-11,16,18,20-22,24,33H,12-15H2,1-4H3/t18-,20-,21+,22+,24?,28+/m1/s1. The molecule has 9 heteroatoms. The Balaban J connectivity index is 1.68. The van der Waals surface area contributed by atoms with Gasteiger partial charge >= 0.3 is 0 Å². The molecule has 37 heavy (non-hydrogen) atoms. The summed E-state index contributed by atoms with van der Waals surface area (Å²) in [5.41, 5.74) is 0.0745. The van der Waals surface area contributed by atoms with Gasteiger partial charge in [-0.3, -0.25) is 14.4 Å². The number of rotatable bonds is 5. The van der Waals surface area contributed by atoms with Gasteiger partial charge in [-0.15, -0.1) is 0 Å². The number of hydrogen-bond acceptors (Lipinski definition) is 5. The summed E-state index contributed by atoms with van der Waals surface area (Å²) in [6.07, 6.45) is 7.23. The molecule has 4 aliphatic heterocycles. The van der Waals surface area contributed by atoms with Gasteiger partial charge in [-0.2, -0.15) is 0 Å². The third-order valence-corrected chi connectivity index (χ3v) is 8.41. The molecule has 198 valence electrons. The van der Waals surface area contributed by atoms with E-state index in [9.17, 15) is 19.5 Å². The van der Waals surface area contributed by atoms with Crippen LogP contribution in [0.1, 0.15) is 25.8 Å². The van der Waals surface area contributed by atoms with Crippen molar-refractivity contribution in [2.75, 3.05) is 31.6 Å². The summed E-state index contributed by atoms with van der Waals surface area (Å²) in [4.78, 5) is 47.0. The zero-order valence-electron chi connectivity index (χ0n) is 21.6. The lowest BCUT2D eigenvalue weighted by molar-refractivity contribution is -0.146. The van der Waals surface area contributed by atoms with Crippen LogP contribution in [0, 0.1) is 24.7 Å². The minimum atomic E-state index is -1.34. The number of halogens is 1. The van der Waals surface area contributed by atoms with Crippen LogP contribution in [0.3, 0.4) is 0 Å². The normalized spacial score (nSPS) is 32.0. The minimum absolute atomic E-state index is 0.168. The highest BCUT2D eigenvalue weighted by atomic mass is 35.5. The number of carbonyl (C=O) groups excluding carboxylic acids is 3. The molecule has 2 saturated heterocycles. The highest BCUT2D eigenvalue weighted by molar-refractivity contribution is 6.34. The Morgan fingerprint density at radius 1 is 1.14 bits per heavy atom. The number of aliphatic hydroxyl groups excluding tert-OH is 1. The third-order valence-electron chi connectivity index (χ3n) is 8.10. The number of benzene rings is 1. The zero-order chi connectivity index (χ0) is 26.6. The molecule has 2 fully saturated rings. The second-order valence-corrected chi connectivity index (χ2v) is 11.4. The van der Waals surface area contributed by atoms with Crippen molar-refractivity contribution in [3.05, 3.63) is 53.1 Å². The first-order valence-corrected chi connectivity index (χ1v) is 13.3. The molecule has 0 saturated carbocycles. The molecule has 8 nitrogen and oxygen atoms in total. The molecular formula is C28H34ClN3O5. The molecule has 0 radical (unpaired) electrons. The van der Waals surface area contributed by atoms with Gasteiger partial charge in [0.05, 0.1) is 41.3 Å². The van der Waals surface area contributed by atoms with Gasteiger partial charge in [0, 0.05) is 20.1 Å². The van der Waals surface area contributed by atoms with E-state index in [0.717, 1.165) is 5.56 Å². The number of aryl methyl sites for hydroxylation is 1. The molecule has 1 aromatic carbocycles. The van der Waals surface area contributed by atoms with E-state index in [4.69, 9.17) is 16.3 Å². The topological polar surface area (TPSA) is 90.4 Å². The molecule has 1 spiro atoms. The lowest BCUT2D eigenvalue weighted by Gasteiger charge is -2.39. The maximum absolute atomic E-state index is 14.5. The third kappa shape index (κ3) is 3.92. The van der Waals surface area contributed by atoms with Crippen LogP contribution in [0.4, 0.5) is 5.69 Å². The van der Waals surface area contributed by atoms with Gasteiger partial charge in [-0.25, -0.2) is 0 Å². The number of likely N-dealkylation sites (N-methyl/N-ethyl adjacent to an activating group) is 1. The molecule has 6 atom stereocenters. The number of anilines is 1. The molecule has 3 amide bonds. The van der Waals surface area contributed by atoms with Crippen molar-refractivity contribution in [2.45, 2.75) is 51.0 Å². The predicted octanol–water partition coefficient (Wildman–Crippen LogP) is 2.57. The number of para-hydroxylation sites is 1. The van der Waals surface area contributed by atoms with E-state index in [1.807, 2.05) is 57.2 Å². The molecule has 1 N–H and O–H groups in total. The monoisotopic (exact) mass is 527 g/mol. The van der Waals surface area contributed by atoms with Crippen LogP contribution in [0.25, 0.3) is 0 Å². The Hall–Kier alpha value is -2.68. The Kier molecular flexibility index (Phi) is 6.71. The van der Waals surface area contributed by atoms with Gasteiger partial charge in [0.15, 0.2) is 0 Å². The van der Waals surface area contributed by atoms with Crippen molar-refractivity contribution in [3.8, 4) is 0 Å². The number of likely N-dealkylation sites (tertiary alicyclic amines) is 1. The van der Waals surface area contributed by atoms with E-state index in [0.29, 0.717) is 23.7 Å². The number of aliphatic hydroxyl groups is 1. The second kappa shape index (κ2) is 9.57. The van der Waals surface area contributed by atoms with Crippen LogP contribution in [0.15, 0.2) is 42.5 Å². The summed E-state index contributed by atoms with van der Waals surface area (Å²) in [6.45, 7) is 6.28. The summed E-state index contributed by atoms with van der Waals surface area (Å²) in [5, 5.41) is 10.9. The number of fused-ring (bicyclic) bond motifs is 2. The first kappa shape index (κ1) is 25.9. The van der Waals surface area contributed by atoms with Crippen LogP contribution >= 0.6 is 11.6 Å². The summed E-state index contributed by atoms with van der Waals surface area (Å²) >= 11 is 6.58. The Morgan fingerprint density at radius 2 is 1.89 bits per heavy atom. The van der Waals surface area contributed by atoms with Gasteiger partial charge in [0.1, 0.15) is 11.6 Å². The van der Waals surface area contributed by atoms with Crippen LogP contribution in [-0.2, 0) is 19.1 Å². The van der Waals surface area contributed by atoms with Crippen molar-refractivity contribution in [2.24, 2.45) is 17.8 Å².